The number of carbonyl (C=O) groups is 1. The smallest absolute Gasteiger partial charge is 0.278 e. The Bertz CT molecular complexity index is 850. The second-order valence-electron chi connectivity index (χ2n) is 7.45. The van der Waals surface area contributed by atoms with Gasteiger partial charge in [-0.15, -0.1) is 0 Å². The van der Waals surface area contributed by atoms with Crippen LogP contribution in [0.25, 0.3) is 0 Å². The van der Waals surface area contributed by atoms with Gasteiger partial charge in [0.15, 0.2) is 17.5 Å². The van der Waals surface area contributed by atoms with Gasteiger partial charge >= 0.3 is 0 Å². The number of rotatable bonds is 8. The second-order valence-corrected chi connectivity index (χ2v) is 7.45. The molecule has 3 rings (SSSR count). The zero-order valence-corrected chi connectivity index (χ0v) is 18.2. The Labute approximate surface area is 178 Å². The lowest BCUT2D eigenvalue weighted by Crippen LogP contribution is -3.19. The lowest BCUT2D eigenvalue weighted by atomic mass is 10.1. The van der Waals surface area contributed by atoms with Crippen LogP contribution in [0.1, 0.15) is 12.5 Å². The maximum Gasteiger partial charge on any atom is 0.278 e. The highest BCUT2D eigenvalue weighted by Gasteiger charge is 2.29. The second kappa shape index (κ2) is 10.2. The zero-order chi connectivity index (χ0) is 21.5. The van der Waals surface area contributed by atoms with Crippen LogP contribution in [0.5, 0.6) is 17.2 Å². The lowest BCUT2D eigenvalue weighted by molar-refractivity contribution is -0.914. The Morgan fingerprint density at radius 3 is 2.33 bits per heavy atom. The molecule has 30 heavy (non-hydrogen) atoms. The van der Waals surface area contributed by atoms with Crippen LogP contribution in [0.15, 0.2) is 42.5 Å². The first-order valence-electron chi connectivity index (χ1n) is 10.3. The summed E-state index contributed by atoms with van der Waals surface area (Å²) in [6.45, 7) is 6.06. The minimum Gasteiger partial charge on any atom is -0.495 e. The van der Waals surface area contributed by atoms with Gasteiger partial charge in [0.25, 0.3) is 5.91 Å². The van der Waals surface area contributed by atoms with Gasteiger partial charge in [-0.1, -0.05) is 18.2 Å². The Kier molecular flexibility index (Phi) is 7.41. The molecule has 162 valence electrons. The zero-order valence-electron chi connectivity index (χ0n) is 18.2. The molecule has 1 fully saturated rings. The number of nitrogens with one attached hydrogen (secondary N) is 2. The normalized spacial score (nSPS) is 15.4. The maximum absolute atomic E-state index is 12.7. The quantitative estimate of drug-likeness (QED) is 0.678. The summed E-state index contributed by atoms with van der Waals surface area (Å²) in [4.78, 5) is 16.4. The standard InChI is InChI=1S/C23H31N3O4/c1-17(23(27)24-16-18-9-10-21(29-3)22(15-18)30-4)25-11-13-26(14-12-25)19-7-5-6-8-20(19)28-2/h5-10,15,17H,11-14,16H2,1-4H3,(H,24,27)/p+1/t17-/m0/s1. The number of benzene rings is 2. The number of anilines is 1. The maximum atomic E-state index is 12.7. The highest BCUT2D eigenvalue weighted by atomic mass is 16.5. The van der Waals surface area contributed by atoms with Crippen molar-refractivity contribution < 1.29 is 23.9 Å². The van der Waals surface area contributed by atoms with E-state index in [1.165, 1.54) is 4.90 Å². The Balaban J connectivity index is 1.52. The van der Waals surface area contributed by atoms with Crippen LogP contribution in [0.2, 0.25) is 0 Å². The first-order chi connectivity index (χ1) is 14.6. The van der Waals surface area contributed by atoms with Crippen molar-refractivity contribution in [3.05, 3.63) is 48.0 Å². The van der Waals surface area contributed by atoms with E-state index in [9.17, 15) is 4.79 Å². The number of quaternary nitrogens is 1. The van der Waals surface area contributed by atoms with Crippen LogP contribution in [-0.2, 0) is 11.3 Å². The number of hydrogen-bond donors (Lipinski definition) is 2. The third-order valence-electron chi connectivity index (χ3n) is 5.75. The van der Waals surface area contributed by atoms with Gasteiger partial charge in [0.2, 0.25) is 0 Å². The number of amides is 1. The summed E-state index contributed by atoms with van der Waals surface area (Å²) in [6.07, 6.45) is 0. The predicted molar refractivity (Wildman–Crippen MR) is 117 cm³/mol. The van der Waals surface area contributed by atoms with Crippen molar-refractivity contribution in [3.63, 3.8) is 0 Å². The summed E-state index contributed by atoms with van der Waals surface area (Å²) >= 11 is 0. The van der Waals surface area contributed by atoms with Gasteiger partial charge in [0, 0.05) is 6.54 Å². The predicted octanol–water partition coefficient (Wildman–Crippen LogP) is 1.12. The van der Waals surface area contributed by atoms with E-state index in [1.807, 2.05) is 43.3 Å². The first-order valence-corrected chi connectivity index (χ1v) is 10.3. The summed E-state index contributed by atoms with van der Waals surface area (Å²) in [5.41, 5.74) is 2.09. The summed E-state index contributed by atoms with van der Waals surface area (Å²) in [6, 6.07) is 13.7. The summed E-state index contributed by atoms with van der Waals surface area (Å²) in [7, 11) is 4.92. The van der Waals surface area contributed by atoms with Gasteiger partial charge in [0.05, 0.1) is 53.2 Å². The number of hydrogen-bond acceptors (Lipinski definition) is 5. The van der Waals surface area contributed by atoms with Crippen molar-refractivity contribution in [2.24, 2.45) is 0 Å². The SMILES string of the molecule is COc1ccc(CNC(=O)[C@H](C)[NH+]2CCN(c3ccccc3OC)CC2)cc1OC. The minimum atomic E-state index is -0.107. The molecule has 2 N–H and O–H groups in total. The minimum absolute atomic E-state index is 0.0607. The average Bonchev–Trinajstić information content (AvgIpc) is 2.81. The van der Waals surface area contributed by atoms with Crippen molar-refractivity contribution in [2.75, 3.05) is 52.4 Å². The number of piperazine rings is 1. The van der Waals surface area contributed by atoms with Crippen LogP contribution in [0.3, 0.4) is 0 Å². The van der Waals surface area contributed by atoms with Crippen LogP contribution < -0.4 is 29.3 Å². The molecule has 1 aliphatic heterocycles. The van der Waals surface area contributed by atoms with Gasteiger partial charge in [-0.25, -0.2) is 0 Å². The molecule has 0 aromatic heterocycles. The summed E-state index contributed by atoms with van der Waals surface area (Å²) in [5, 5.41) is 3.06. The van der Waals surface area contributed by atoms with E-state index in [0.717, 1.165) is 43.2 Å². The number of carbonyl (C=O) groups excluding carboxylic acids is 1. The molecule has 1 aliphatic rings. The molecular formula is C23H32N3O4+. The van der Waals surface area contributed by atoms with Gasteiger partial charge in [0.1, 0.15) is 5.75 Å². The molecule has 1 amide bonds. The topological polar surface area (TPSA) is 64.5 Å². The molecule has 1 heterocycles. The first kappa shape index (κ1) is 21.8. The monoisotopic (exact) mass is 414 g/mol. The van der Waals surface area contributed by atoms with Crippen molar-refractivity contribution in [2.45, 2.75) is 19.5 Å². The largest absolute Gasteiger partial charge is 0.495 e. The van der Waals surface area contributed by atoms with Gasteiger partial charge in [-0.05, 0) is 36.8 Å². The van der Waals surface area contributed by atoms with Crippen LogP contribution in [0, 0.1) is 0 Å². The van der Waals surface area contributed by atoms with Gasteiger partial charge in [-0.3, -0.25) is 4.79 Å². The van der Waals surface area contributed by atoms with E-state index in [-0.39, 0.29) is 11.9 Å². The van der Waals surface area contributed by atoms with Gasteiger partial charge < -0.3 is 29.3 Å². The fourth-order valence-corrected chi connectivity index (χ4v) is 3.88. The molecule has 0 saturated carbocycles. The molecule has 2 aromatic rings. The third-order valence-corrected chi connectivity index (χ3v) is 5.75. The fraction of sp³-hybridized carbons (Fsp3) is 0.435. The molecule has 7 heteroatoms. The molecule has 0 radical (unpaired) electrons. The molecular weight excluding hydrogens is 382 g/mol. The average molecular weight is 415 g/mol. The molecule has 0 bridgehead atoms. The Hall–Kier alpha value is -2.93. The molecule has 0 aliphatic carbocycles. The molecule has 0 unspecified atom stereocenters. The Morgan fingerprint density at radius 2 is 1.67 bits per heavy atom. The van der Waals surface area contributed by atoms with Gasteiger partial charge in [-0.2, -0.15) is 0 Å². The van der Waals surface area contributed by atoms with Crippen molar-refractivity contribution in [1.82, 2.24) is 5.32 Å². The summed E-state index contributed by atoms with van der Waals surface area (Å²) < 4.78 is 16.1. The van der Waals surface area contributed by atoms with E-state index >= 15 is 0 Å². The number of nitrogens with zero attached hydrogens (tertiary/aromatic N) is 1. The van der Waals surface area contributed by atoms with Crippen LogP contribution in [-0.4, -0.2) is 59.5 Å². The van der Waals surface area contributed by atoms with Crippen molar-refractivity contribution >= 4 is 11.6 Å². The summed E-state index contributed by atoms with van der Waals surface area (Å²) in [5.74, 6) is 2.29. The van der Waals surface area contributed by atoms with E-state index < -0.39 is 0 Å². The van der Waals surface area contributed by atoms with Crippen LogP contribution in [0.4, 0.5) is 5.69 Å². The number of ether oxygens (including phenoxy) is 3. The van der Waals surface area contributed by atoms with E-state index in [2.05, 4.69) is 16.3 Å². The lowest BCUT2D eigenvalue weighted by Gasteiger charge is -2.36. The number of para-hydroxylation sites is 2. The highest BCUT2D eigenvalue weighted by molar-refractivity contribution is 5.80. The van der Waals surface area contributed by atoms with E-state index in [1.54, 1.807) is 21.3 Å². The molecule has 0 spiro atoms. The highest BCUT2D eigenvalue weighted by Crippen LogP contribution is 2.28. The van der Waals surface area contributed by atoms with E-state index in [0.29, 0.717) is 18.0 Å². The van der Waals surface area contributed by atoms with Crippen LogP contribution >= 0.6 is 0 Å². The number of methoxy groups -OCH3 is 3. The molecule has 7 nitrogen and oxygen atoms in total. The molecule has 1 atom stereocenters. The van der Waals surface area contributed by atoms with Crippen molar-refractivity contribution in [3.8, 4) is 17.2 Å². The molecule has 1 saturated heterocycles. The van der Waals surface area contributed by atoms with Crippen molar-refractivity contribution in [1.29, 1.82) is 0 Å². The Morgan fingerprint density at radius 1 is 1.00 bits per heavy atom. The third kappa shape index (κ3) is 4.97. The van der Waals surface area contributed by atoms with E-state index in [4.69, 9.17) is 14.2 Å². The fourth-order valence-electron chi connectivity index (χ4n) is 3.88. The molecule has 2 aromatic carbocycles.